The van der Waals surface area contributed by atoms with Gasteiger partial charge in [0.15, 0.2) is 0 Å². The number of aryl methyl sites for hydroxylation is 3. The molecule has 0 aliphatic heterocycles. The molecule has 0 saturated carbocycles. The molecule has 0 bridgehead atoms. The average Bonchev–Trinajstić information content (AvgIpc) is 2.96. The summed E-state index contributed by atoms with van der Waals surface area (Å²) < 4.78 is 85.4. The second kappa shape index (κ2) is 12.9. The summed E-state index contributed by atoms with van der Waals surface area (Å²) in [6, 6.07) is 18.3. The number of alkyl halides is 6. The Morgan fingerprint density at radius 3 is 2.02 bits per heavy atom. The lowest BCUT2D eigenvalue weighted by Crippen LogP contribution is -2.27. The topological polar surface area (TPSA) is 42.4 Å². The fourth-order valence-electron chi connectivity index (χ4n) is 4.83. The first-order valence-electron chi connectivity index (χ1n) is 13.5. The van der Waals surface area contributed by atoms with E-state index in [4.69, 9.17) is 4.74 Å². The molecule has 4 rings (SSSR count). The summed E-state index contributed by atoms with van der Waals surface area (Å²) in [5.41, 5.74) is 1.18. The smallest absolute Gasteiger partial charge is 0.416 e. The summed E-state index contributed by atoms with van der Waals surface area (Å²) in [5, 5.41) is 0. The molecule has 0 spiro atoms. The van der Waals surface area contributed by atoms with E-state index in [0.717, 1.165) is 45.9 Å². The Morgan fingerprint density at radius 2 is 1.44 bits per heavy atom. The minimum atomic E-state index is -4.98. The highest BCUT2D eigenvalue weighted by molar-refractivity contribution is 6.00. The second-order valence-electron chi connectivity index (χ2n) is 10.3. The van der Waals surface area contributed by atoms with Gasteiger partial charge in [-0.25, -0.2) is 0 Å². The fraction of sp³-hybridized carbons (Fsp3) is 0.273. The van der Waals surface area contributed by atoms with Crippen LogP contribution in [0.25, 0.3) is 11.1 Å². The highest BCUT2D eigenvalue weighted by Gasteiger charge is 2.37. The fourth-order valence-corrected chi connectivity index (χ4v) is 4.83. The van der Waals surface area contributed by atoms with Gasteiger partial charge in [0.05, 0.1) is 23.8 Å². The first-order valence-corrected chi connectivity index (χ1v) is 13.5. The van der Waals surface area contributed by atoms with Crippen molar-refractivity contribution in [2.24, 2.45) is 0 Å². The van der Waals surface area contributed by atoms with E-state index in [1.165, 1.54) is 13.2 Å². The van der Waals surface area contributed by atoms with Gasteiger partial charge in [0, 0.05) is 25.5 Å². The summed E-state index contributed by atoms with van der Waals surface area (Å²) in [6.07, 6.45) is -6.33. The lowest BCUT2D eigenvalue weighted by Gasteiger charge is -2.21. The van der Waals surface area contributed by atoms with Gasteiger partial charge in [-0.05, 0) is 90.4 Å². The first-order chi connectivity index (χ1) is 20.3. The molecule has 0 N–H and O–H groups in total. The van der Waals surface area contributed by atoms with Crippen molar-refractivity contribution in [1.29, 1.82) is 0 Å². The van der Waals surface area contributed by atoms with E-state index in [1.807, 2.05) is 61.5 Å². The van der Waals surface area contributed by atoms with Crippen LogP contribution in [0.5, 0.6) is 5.75 Å². The van der Waals surface area contributed by atoms with Crippen LogP contribution >= 0.6 is 0 Å². The van der Waals surface area contributed by atoms with Crippen LogP contribution in [-0.4, -0.2) is 29.9 Å². The third-order valence-corrected chi connectivity index (χ3v) is 7.10. The number of carbonyl (C=O) groups excluding carboxylic acids is 1. The molecule has 0 unspecified atom stereocenters. The molecule has 0 saturated heterocycles. The number of carbonyl (C=O) groups is 1. The predicted octanol–water partition coefficient (Wildman–Crippen LogP) is 8.55. The average molecular weight is 601 g/mol. The molecule has 0 radical (unpaired) electrons. The van der Waals surface area contributed by atoms with Crippen LogP contribution in [0, 0.1) is 6.92 Å². The number of ether oxygens (including phenoxy) is 1. The quantitative estimate of drug-likeness (QED) is 0.181. The number of amides is 1. The number of nitrogens with zero attached hydrogens (tertiary/aromatic N) is 2. The molecule has 1 amide bonds. The van der Waals surface area contributed by atoms with Crippen molar-refractivity contribution in [2.75, 3.05) is 14.2 Å². The van der Waals surface area contributed by atoms with Gasteiger partial charge in [-0.15, -0.1) is 0 Å². The summed E-state index contributed by atoms with van der Waals surface area (Å²) in [4.78, 5) is 19.2. The number of rotatable bonds is 9. The number of benzene rings is 3. The maximum atomic E-state index is 13.6. The number of halogens is 6. The standard InChI is InChI=1S/C33H30F6N2O2/c1-21-7-4-5-10-28(21)29-18-26(9-6-8-22-11-13-27(43-3)14-12-22)40-19-30(29)31(42)41(2)20-23-15-24(32(34,35)36)17-25(16-23)33(37,38)39/h4-5,7,10-19H,6,8-9,20H2,1-3H3. The second-order valence-corrected chi connectivity index (χ2v) is 10.3. The van der Waals surface area contributed by atoms with Crippen LogP contribution in [0.1, 0.15) is 50.3 Å². The van der Waals surface area contributed by atoms with Gasteiger partial charge < -0.3 is 9.64 Å². The van der Waals surface area contributed by atoms with Gasteiger partial charge in [0.2, 0.25) is 0 Å². The van der Waals surface area contributed by atoms with Gasteiger partial charge in [0.25, 0.3) is 5.91 Å². The Morgan fingerprint density at radius 1 is 0.814 bits per heavy atom. The molecule has 0 atom stereocenters. The van der Waals surface area contributed by atoms with Crippen molar-refractivity contribution in [3.05, 3.63) is 118 Å². The van der Waals surface area contributed by atoms with Crippen molar-refractivity contribution in [3.63, 3.8) is 0 Å². The zero-order valence-corrected chi connectivity index (χ0v) is 23.8. The Labute approximate surface area is 245 Å². The minimum Gasteiger partial charge on any atom is -0.497 e. The van der Waals surface area contributed by atoms with Crippen molar-refractivity contribution in [3.8, 4) is 16.9 Å². The normalized spacial score (nSPS) is 11.8. The maximum absolute atomic E-state index is 13.6. The molecule has 1 aromatic heterocycles. The van der Waals surface area contributed by atoms with Crippen molar-refractivity contribution < 1.29 is 35.9 Å². The summed E-state index contributed by atoms with van der Waals surface area (Å²) in [7, 11) is 2.94. The van der Waals surface area contributed by atoms with E-state index in [9.17, 15) is 31.1 Å². The van der Waals surface area contributed by atoms with E-state index >= 15 is 0 Å². The number of pyridine rings is 1. The summed E-state index contributed by atoms with van der Waals surface area (Å²) >= 11 is 0. The zero-order chi connectivity index (χ0) is 31.4. The van der Waals surface area contributed by atoms with Crippen LogP contribution in [0.2, 0.25) is 0 Å². The summed E-state index contributed by atoms with van der Waals surface area (Å²) in [5.74, 6) is 0.189. The lowest BCUT2D eigenvalue weighted by molar-refractivity contribution is -0.143. The molecule has 226 valence electrons. The maximum Gasteiger partial charge on any atom is 0.416 e. The van der Waals surface area contributed by atoms with E-state index in [1.54, 1.807) is 7.11 Å². The SMILES string of the molecule is COc1ccc(CCCc2cc(-c3ccccc3C)c(C(=O)N(C)Cc3cc(C(F)(F)F)cc(C(F)(F)F)c3)cn2)cc1. The first kappa shape index (κ1) is 31.6. The van der Waals surface area contributed by atoms with Crippen molar-refractivity contribution >= 4 is 5.91 Å². The molecule has 10 heteroatoms. The van der Waals surface area contributed by atoms with E-state index in [0.29, 0.717) is 24.1 Å². The molecule has 4 aromatic rings. The molecular weight excluding hydrogens is 570 g/mol. The minimum absolute atomic E-state index is 0.0683. The van der Waals surface area contributed by atoms with Crippen LogP contribution in [0.3, 0.4) is 0 Å². The predicted molar refractivity (Wildman–Crippen MR) is 152 cm³/mol. The van der Waals surface area contributed by atoms with E-state index < -0.39 is 35.9 Å². The third-order valence-electron chi connectivity index (χ3n) is 7.10. The number of methoxy groups -OCH3 is 1. The molecule has 43 heavy (non-hydrogen) atoms. The van der Waals surface area contributed by atoms with E-state index in [-0.39, 0.29) is 17.2 Å². The highest BCUT2D eigenvalue weighted by atomic mass is 19.4. The monoisotopic (exact) mass is 600 g/mol. The van der Waals surface area contributed by atoms with Gasteiger partial charge >= 0.3 is 12.4 Å². The highest BCUT2D eigenvalue weighted by Crippen LogP contribution is 2.37. The van der Waals surface area contributed by atoms with Crippen LogP contribution < -0.4 is 4.74 Å². The molecule has 0 fully saturated rings. The van der Waals surface area contributed by atoms with Crippen LogP contribution in [-0.2, 0) is 31.7 Å². The number of aromatic nitrogens is 1. The molecule has 0 aliphatic carbocycles. The van der Waals surface area contributed by atoms with Gasteiger partial charge in [0.1, 0.15) is 5.75 Å². The zero-order valence-electron chi connectivity index (χ0n) is 23.8. The Bertz CT molecular complexity index is 1550. The molecule has 3 aromatic carbocycles. The van der Waals surface area contributed by atoms with Crippen molar-refractivity contribution in [2.45, 2.75) is 45.1 Å². The van der Waals surface area contributed by atoms with Crippen LogP contribution in [0.15, 0.2) is 79.0 Å². The summed E-state index contributed by atoms with van der Waals surface area (Å²) in [6.45, 7) is 1.42. The van der Waals surface area contributed by atoms with Gasteiger partial charge in [-0.1, -0.05) is 36.4 Å². The Balaban J connectivity index is 1.61. The Kier molecular flexibility index (Phi) is 9.47. The molecule has 1 heterocycles. The molecule has 0 aliphatic rings. The Hall–Kier alpha value is -4.34. The number of hydrogen-bond acceptors (Lipinski definition) is 3. The van der Waals surface area contributed by atoms with Crippen molar-refractivity contribution in [1.82, 2.24) is 9.88 Å². The number of hydrogen-bond donors (Lipinski definition) is 0. The third kappa shape index (κ3) is 7.94. The largest absolute Gasteiger partial charge is 0.497 e. The van der Waals surface area contributed by atoms with Gasteiger partial charge in [-0.2, -0.15) is 26.3 Å². The lowest BCUT2D eigenvalue weighted by atomic mass is 9.95. The van der Waals surface area contributed by atoms with Crippen LogP contribution in [0.4, 0.5) is 26.3 Å². The molecular formula is C33H30F6N2O2. The molecule has 4 nitrogen and oxygen atoms in total. The van der Waals surface area contributed by atoms with E-state index in [2.05, 4.69) is 4.98 Å². The van der Waals surface area contributed by atoms with Gasteiger partial charge in [-0.3, -0.25) is 9.78 Å².